The van der Waals surface area contributed by atoms with E-state index in [4.69, 9.17) is 0 Å². The van der Waals surface area contributed by atoms with Gasteiger partial charge in [-0.2, -0.15) is 0 Å². The van der Waals surface area contributed by atoms with Gasteiger partial charge < -0.3 is 10.2 Å². The summed E-state index contributed by atoms with van der Waals surface area (Å²) < 4.78 is 0. The molecule has 2 N–H and O–H groups in total. The molecule has 5 rings (SSSR count). The van der Waals surface area contributed by atoms with Crippen LogP contribution in [0.3, 0.4) is 0 Å². The third-order valence-electron chi connectivity index (χ3n) is 14.3. The Kier molecular flexibility index (Phi) is 5.10. The van der Waals surface area contributed by atoms with Crippen LogP contribution in [0.4, 0.5) is 0 Å². The molecule has 188 valence electrons. The van der Waals surface area contributed by atoms with Gasteiger partial charge in [0.05, 0.1) is 12.2 Å². The number of aliphatic hydroxyl groups is 2. The fraction of sp³-hybridized carbons (Fsp3) is 0.935. The van der Waals surface area contributed by atoms with Gasteiger partial charge in [-0.1, -0.05) is 60.6 Å². The van der Waals surface area contributed by atoms with E-state index in [1.54, 1.807) is 0 Å². The number of fused-ring (bicyclic) bond motifs is 7. The molecule has 0 aromatic rings. The lowest BCUT2D eigenvalue weighted by molar-refractivity contribution is -0.295. The zero-order valence-electron chi connectivity index (χ0n) is 22.9. The molecule has 33 heavy (non-hydrogen) atoms. The van der Waals surface area contributed by atoms with Crippen LogP contribution >= 0.6 is 0 Å². The lowest BCUT2D eigenvalue weighted by Gasteiger charge is -2.76. The predicted octanol–water partition coefficient (Wildman–Crippen LogP) is 7.39. The molecule has 5 saturated carbocycles. The second-order valence-corrected chi connectivity index (χ2v) is 15.4. The van der Waals surface area contributed by atoms with Crippen molar-refractivity contribution in [3.05, 3.63) is 12.2 Å². The molecule has 5 aliphatic rings. The zero-order chi connectivity index (χ0) is 24.4. The van der Waals surface area contributed by atoms with Gasteiger partial charge in [-0.05, 0) is 109 Å². The van der Waals surface area contributed by atoms with Crippen molar-refractivity contribution in [2.75, 3.05) is 0 Å². The molecule has 0 aliphatic heterocycles. The van der Waals surface area contributed by atoms with Gasteiger partial charge in [0.25, 0.3) is 0 Å². The first-order chi connectivity index (χ1) is 15.1. The third-order valence-corrected chi connectivity index (χ3v) is 14.3. The number of aliphatic hydroxyl groups excluding tert-OH is 2. The Morgan fingerprint density at radius 3 is 1.97 bits per heavy atom. The summed E-state index contributed by atoms with van der Waals surface area (Å²) in [5.41, 5.74) is 2.47. The maximum absolute atomic E-state index is 11.6. The maximum Gasteiger partial charge on any atom is 0.0624 e. The highest BCUT2D eigenvalue weighted by Crippen LogP contribution is 2.81. The smallest absolute Gasteiger partial charge is 0.0624 e. The van der Waals surface area contributed by atoms with Crippen LogP contribution in [0.5, 0.6) is 0 Å². The van der Waals surface area contributed by atoms with Crippen LogP contribution in [0.1, 0.15) is 113 Å². The van der Waals surface area contributed by atoms with Crippen molar-refractivity contribution in [2.45, 2.75) is 125 Å². The normalized spacial score (nSPS) is 59.7. The van der Waals surface area contributed by atoms with Crippen molar-refractivity contribution in [1.29, 1.82) is 0 Å². The van der Waals surface area contributed by atoms with E-state index in [0.29, 0.717) is 35.0 Å². The lowest BCUT2D eigenvalue weighted by atomic mass is 9.28. The van der Waals surface area contributed by atoms with Crippen LogP contribution in [0, 0.1) is 56.2 Å². The Balaban J connectivity index is 1.61. The average Bonchev–Trinajstić information content (AvgIpc) is 3.08. The Morgan fingerprint density at radius 1 is 0.727 bits per heavy atom. The molecule has 11 atom stereocenters. The molecule has 0 radical (unpaired) electrons. The van der Waals surface area contributed by atoms with Gasteiger partial charge in [-0.15, -0.1) is 0 Å². The van der Waals surface area contributed by atoms with Gasteiger partial charge >= 0.3 is 0 Å². The second-order valence-electron chi connectivity index (χ2n) is 15.4. The SMILES string of the molecule is C=C(C)[C@@H]1CC[C@]2(C)CC[C@@]3(C)[C@]4(C)CC[C@H]5C(C)(C)[C@@H](O)C[C@@H](O)[C@]5(C)[C@H]4CC[C@]3(C)[C@@H]12. The van der Waals surface area contributed by atoms with Gasteiger partial charge in [0, 0.05) is 11.8 Å². The van der Waals surface area contributed by atoms with Crippen LogP contribution in [0.2, 0.25) is 0 Å². The van der Waals surface area contributed by atoms with Crippen molar-refractivity contribution >= 4 is 0 Å². The predicted molar refractivity (Wildman–Crippen MR) is 137 cm³/mol. The summed E-state index contributed by atoms with van der Waals surface area (Å²) in [6, 6.07) is 0. The lowest BCUT2D eigenvalue weighted by Crippen LogP contribution is -2.71. The van der Waals surface area contributed by atoms with Crippen molar-refractivity contribution in [2.24, 2.45) is 56.2 Å². The molecule has 0 unspecified atom stereocenters. The van der Waals surface area contributed by atoms with Crippen molar-refractivity contribution in [3.63, 3.8) is 0 Å². The summed E-state index contributed by atoms with van der Waals surface area (Å²) in [5, 5.41) is 22.5. The second kappa shape index (κ2) is 6.90. The minimum atomic E-state index is -0.399. The van der Waals surface area contributed by atoms with Crippen LogP contribution in [-0.4, -0.2) is 22.4 Å². The van der Waals surface area contributed by atoms with E-state index in [2.05, 4.69) is 62.0 Å². The molecule has 0 aromatic heterocycles. The summed E-state index contributed by atoms with van der Waals surface area (Å²) in [6.45, 7) is 24.3. The summed E-state index contributed by atoms with van der Waals surface area (Å²) in [5.74, 6) is 2.32. The molecule has 0 amide bonds. The molecule has 0 bridgehead atoms. The molecule has 5 fully saturated rings. The fourth-order valence-electron chi connectivity index (χ4n) is 12.1. The summed E-state index contributed by atoms with van der Waals surface area (Å²) in [6.07, 6.45) is 10.0. The molecule has 2 nitrogen and oxygen atoms in total. The topological polar surface area (TPSA) is 40.5 Å². The van der Waals surface area contributed by atoms with Gasteiger partial charge in [0.2, 0.25) is 0 Å². The standard InChI is InChI=1S/C31H52O2/c1-19(2)20-10-13-27(5)16-17-30(8)28(6)14-11-21-26(3,4)23(32)18-24(33)31(21,9)22(28)12-15-29(30,7)25(20)27/h20-25,32-33H,1,10-18H2,2-9H3/t20-,21-,22-,23-,24+,25-,27+,28+,29+,30-,31-/m0/s1. The van der Waals surface area contributed by atoms with Crippen molar-refractivity contribution < 1.29 is 10.2 Å². The van der Waals surface area contributed by atoms with E-state index in [1.807, 2.05) is 0 Å². The zero-order valence-corrected chi connectivity index (χ0v) is 22.9. The Labute approximate surface area is 204 Å². The van der Waals surface area contributed by atoms with Gasteiger partial charge in [0.1, 0.15) is 0 Å². The van der Waals surface area contributed by atoms with Crippen LogP contribution in [-0.2, 0) is 0 Å². The highest BCUT2D eigenvalue weighted by molar-refractivity contribution is 5.25. The summed E-state index contributed by atoms with van der Waals surface area (Å²) in [7, 11) is 0. The molecule has 0 aromatic carbocycles. The van der Waals surface area contributed by atoms with E-state index in [0.717, 1.165) is 12.3 Å². The minimum Gasteiger partial charge on any atom is -0.392 e. The first-order valence-corrected chi connectivity index (χ1v) is 14.1. The highest BCUT2D eigenvalue weighted by atomic mass is 16.3. The first kappa shape index (κ1) is 24.4. The summed E-state index contributed by atoms with van der Waals surface area (Å²) >= 11 is 0. The number of allylic oxidation sites excluding steroid dienone is 1. The molecular formula is C31H52O2. The minimum absolute atomic E-state index is 0.107. The monoisotopic (exact) mass is 456 g/mol. The number of rotatable bonds is 1. The molecule has 0 heterocycles. The van der Waals surface area contributed by atoms with Crippen molar-refractivity contribution in [3.8, 4) is 0 Å². The Morgan fingerprint density at radius 2 is 1.33 bits per heavy atom. The van der Waals surface area contributed by atoms with Gasteiger partial charge in [0.15, 0.2) is 0 Å². The maximum atomic E-state index is 11.6. The largest absolute Gasteiger partial charge is 0.392 e. The quantitative estimate of drug-likeness (QED) is 0.404. The number of hydrogen-bond acceptors (Lipinski definition) is 2. The number of hydrogen-bond donors (Lipinski definition) is 2. The molecule has 0 spiro atoms. The average molecular weight is 457 g/mol. The van der Waals surface area contributed by atoms with E-state index in [9.17, 15) is 10.2 Å². The molecule has 2 heteroatoms. The van der Waals surface area contributed by atoms with E-state index >= 15 is 0 Å². The van der Waals surface area contributed by atoms with Crippen LogP contribution in [0.25, 0.3) is 0 Å². The fourth-order valence-corrected chi connectivity index (χ4v) is 12.1. The molecule has 5 aliphatic carbocycles. The molecular weight excluding hydrogens is 404 g/mol. The highest BCUT2D eigenvalue weighted by Gasteiger charge is 2.74. The van der Waals surface area contributed by atoms with E-state index in [1.165, 1.54) is 50.5 Å². The van der Waals surface area contributed by atoms with E-state index < -0.39 is 12.2 Å². The molecule has 0 saturated heterocycles. The van der Waals surface area contributed by atoms with E-state index in [-0.39, 0.29) is 21.7 Å². The van der Waals surface area contributed by atoms with Crippen molar-refractivity contribution in [1.82, 2.24) is 0 Å². The summed E-state index contributed by atoms with van der Waals surface area (Å²) in [4.78, 5) is 0. The first-order valence-electron chi connectivity index (χ1n) is 14.1. The third kappa shape index (κ3) is 2.64. The Hall–Kier alpha value is -0.340. The Bertz CT molecular complexity index is 846. The van der Waals surface area contributed by atoms with Gasteiger partial charge in [-0.25, -0.2) is 0 Å². The van der Waals surface area contributed by atoms with Crippen LogP contribution in [0.15, 0.2) is 12.2 Å². The van der Waals surface area contributed by atoms with Crippen LogP contribution < -0.4 is 0 Å². The van der Waals surface area contributed by atoms with Gasteiger partial charge in [-0.3, -0.25) is 0 Å².